The van der Waals surface area contributed by atoms with E-state index in [1.54, 1.807) is 7.11 Å². The van der Waals surface area contributed by atoms with Gasteiger partial charge in [0, 0.05) is 64.2 Å². The fraction of sp³-hybridized carbons (Fsp3) is 0.583. The molecule has 2 heterocycles. The Labute approximate surface area is 187 Å². The Bertz CT molecular complexity index is 839. The summed E-state index contributed by atoms with van der Waals surface area (Å²) in [5, 5.41) is 8.24. The number of hydrogen-bond acceptors (Lipinski definition) is 4. The fourth-order valence-corrected chi connectivity index (χ4v) is 4.51. The van der Waals surface area contributed by atoms with Crippen LogP contribution in [0.3, 0.4) is 0 Å². The molecule has 0 spiro atoms. The maximum atomic E-state index is 5.20. The highest BCUT2D eigenvalue weighted by atomic mass is 16.5. The molecule has 1 N–H and O–H groups in total. The molecule has 1 aromatic carbocycles. The second-order valence-corrected chi connectivity index (χ2v) is 8.12. The zero-order valence-corrected chi connectivity index (χ0v) is 19.8. The minimum atomic E-state index is 0.488. The highest BCUT2D eigenvalue weighted by molar-refractivity contribution is 5.80. The Hall–Kier alpha value is -2.38. The smallest absolute Gasteiger partial charge is 0.194 e. The molecule has 1 fully saturated rings. The van der Waals surface area contributed by atoms with E-state index in [2.05, 4.69) is 76.3 Å². The average Bonchev–Trinajstić information content (AvgIpc) is 3.07. The number of benzene rings is 1. The van der Waals surface area contributed by atoms with Crippen LogP contribution in [0.1, 0.15) is 41.9 Å². The Morgan fingerprint density at radius 1 is 1.16 bits per heavy atom. The quantitative estimate of drug-likeness (QED) is 0.519. The first-order chi connectivity index (χ1) is 15.1. The maximum absolute atomic E-state index is 5.20. The molecule has 0 saturated carbocycles. The molecular formula is C24H38N6O. The van der Waals surface area contributed by atoms with E-state index in [9.17, 15) is 0 Å². The van der Waals surface area contributed by atoms with Crippen LogP contribution in [0, 0.1) is 13.8 Å². The second-order valence-electron chi connectivity index (χ2n) is 8.12. The third-order valence-corrected chi connectivity index (χ3v) is 6.30. The van der Waals surface area contributed by atoms with Gasteiger partial charge in [0.15, 0.2) is 5.96 Å². The van der Waals surface area contributed by atoms with Gasteiger partial charge in [-0.1, -0.05) is 37.3 Å². The summed E-state index contributed by atoms with van der Waals surface area (Å²) in [5.74, 6) is 0.968. The number of nitrogens with one attached hydrogen (secondary N) is 1. The third-order valence-electron chi connectivity index (χ3n) is 6.30. The van der Waals surface area contributed by atoms with E-state index in [0.29, 0.717) is 12.6 Å². The zero-order valence-electron chi connectivity index (χ0n) is 19.8. The van der Waals surface area contributed by atoms with E-state index < -0.39 is 0 Å². The lowest BCUT2D eigenvalue weighted by molar-refractivity contribution is 0.127. The predicted molar refractivity (Wildman–Crippen MR) is 126 cm³/mol. The second kappa shape index (κ2) is 11.3. The van der Waals surface area contributed by atoms with Crippen molar-refractivity contribution in [1.29, 1.82) is 0 Å². The molecule has 1 aliphatic heterocycles. The van der Waals surface area contributed by atoms with Crippen LogP contribution in [0.25, 0.3) is 0 Å². The summed E-state index contributed by atoms with van der Waals surface area (Å²) in [6, 6.07) is 11.4. The SMILES string of the molecule is CCC(c1ccccc1)N1CCN(C(=NC)NCc2c(C)nn(CCOC)c2C)CC1. The Kier molecular flexibility index (Phi) is 8.49. The molecule has 3 rings (SSSR count). The molecule has 0 radical (unpaired) electrons. The highest BCUT2D eigenvalue weighted by Crippen LogP contribution is 2.25. The van der Waals surface area contributed by atoms with Crippen molar-refractivity contribution < 1.29 is 4.74 Å². The van der Waals surface area contributed by atoms with Crippen molar-refractivity contribution in [2.24, 2.45) is 4.99 Å². The van der Waals surface area contributed by atoms with Crippen molar-refractivity contribution in [2.75, 3.05) is 46.9 Å². The van der Waals surface area contributed by atoms with Crippen LogP contribution in [0.2, 0.25) is 0 Å². The molecular weight excluding hydrogens is 388 g/mol. The monoisotopic (exact) mass is 426 g/mol. The van der Waals surface area contributed by atoms with Gasteiger partial charge in [-0.15, -0.1) is 0 Å². The number of methoxy groups -OCH3 is 1. The molecule has 7 heteroatoms. The van der Waals surface area contributed by atoms with Gasteiger partial charge in [0.25, 0.3) is 0 Å². The van der Waals surface area contributed by atoms with Crippen LogP contribution in [0.15, 0.2) is 35.3 Å². The van der Waals surface area contributed by atoms with Crippen LogP contribution in [0.5, 0.6) is 0 Å². The van der Waals surface area contributed by atoms with Gasteiger partial charge < -0.3 is 15.0 Å². The molecule has 0 aliphatic carbocycles. The summed E-state index contributed by atoms with van der Waals surface area (Å²) in [6.45, 7) is 12.7. The number of aliphatic imine (C=N–C) groups is 1. The van der Waals surface area contributed by atoms with Crippen LogP contribution in [-0.2, 0) is 17.8 Å². The van der Waals surface area contributed by atoms with Crippen LogP contribution in [0.4, 0.5) is 0 Å². The zero-order chi connectivity index (χ0) is 22.2. The highest BCUT2D eigenvalue weighted by Gasteiger charge is 2.25. The summed E-state index contributed by atoms with van der Waals surface area (Å²) in [5.41, 5.74) is 4.91. The number of rotatable bonds is 8. The lowest BCUT2D eigenvalue weighted by Crippen LogP contribution is -2.53. The number of nitrogens with zero attached hydrogens (tertiary/aromatic N) is 5. The Balaban J connectivity index is 1.57. The summed E-state index contributed by atoms with van der Waals surface area (Å²) in [6.07, 6.45) is 1.13. The number of hydrogen-bond donors (Lipinski definition) is 1. The van der Waals surface area contributed by atoms with Crippen molar-refractivity contribution >= 4 is 5.96 Å². The topological polar surface area (TPSA) is 57.9 Å². The number of piperazine rings is 1. The van der Waals surface area contributed by atoms with Gasteiger partial charge in [-0.25, -0.2) is 0 Å². The van der Waals surface area contributed by atoms with Gasteiger partial charge in [-0.2, -0.15) is 5.10 Å². The molecule has 2 aromatic rings. The van der Waals surface area contributed by atoms with Crippen LogP contribution in [-0.4, -0.2) is 72.5 Å². The number of aromatic nitrogens is 2. The first kappa shape index (κ1) is 23.3. The van der Waals surface area contributed by atoms with Gasteiger partial charge in [0.05, 0.1) is 18.8 Å². The molecule has 31 heavy (non-hydrogen) atoms. The van der Waals surface area contributed by atoms with E-state index >= 15 is 0 Å². The molecule has 0 amide bonds. The van der Waals surface area contributed by atoms with Crippen molar-refractivity contribution in [3.63, 3.8) is 0 Å². The van der Waals surface area contributed by atoms with E-state index in [0.717, 1.165) is 57.3 Å². The van der Waals surface area contributed by atoms with Gasteiger partial charge in [0.1, 0.15) is 0 Å². The summed E-state index contributed by atoms with van der Waals surface area (Å²) >= 11 is 0. The molecule has 1 aromatic heterocycles. The third kappa shape index (κ3) is 5.66. The molecule has 170 valence electrons. The summed E-state index contributed by atoms with van der Waals surface area (Å²) in [4.78, 5) is 9.53. The summed E-state index contributed by atoms with van der Waals surface area (Å²) in [7, 11) is 3.59. The van der Waals surface area contributed by atoms with E-state index in [1.807, 2.05) is 11.7 Å². The van der Waals surface area contributed by atoms with Gasteiger partial charge in [0.2, 0.25) is 0 Å². The molecule has 7 nitrogen and oxygen atoms in total. The Morgan fingerprint density at radius 3 is 2.48 bits per heavy atom. The number of guanidine groups is 1. The minimum Gasteiger partial charge on any atom is -0.383 e. The first-order valence-electron chi connectivity index (χ1n) is 11.3. The molecule has 0 bridgehead atoms. The minimum absolute atomic E-state index is 0.488. The number of aryl methyl sites for hydroxylation is 1. The normalized spacial score (nSPS) is 16.5. The van der Waals surface area contributed by atoms with Gasteiger partial charge >= 0.3 is 0 Å². The molecule has 1 unspecified atom stereocenters. The van der Waals surface area contributed by atoms with E-state index in [-0.39, 0.29) is 0 Å². The lowest BCUT2D eigenvalue weighted by atomic mass is 10.0. The van der Waals surface area contributed by atoms with E-state index in [4.69, 9.17) is 4.74 Å². The molecule has 1 aliphatic rings. The predicted octanol–water partition coefficient (Wildman–Crippen LogP) is 2.99. The Morgan fingerprint density at radius 2 is 1.87 bits per heavy atom. The van der Waals surface area contributed by atoms with E-state index in [1.165, 1.54) is 16.8 Å². The van der Waals surface area contributed by atoms with Crippen molar-refractivity contribution in [3.8, 4) is 0 Å². The first-order valence-corrected chi connectivity index (χ1v) is 11.3. The van der Waals surface area contributed by atoms with Gasteiger partial charge in [-0.05, 0) is 25.8 Å². The van der Waals surface area contributed by atoms with Crippen molar-refractivity contribution in [3.05, 3.63) is 52.8 Å². The summed E-state index contributed by atoms with van der Waals surface area (Å²) < 4.78 is 7.23. The van der Waals surface area contributed by atoms with Crippen LogP contribution < -0.4 is 5.32 Å². The number of ether oxygens (including phenoxy) is 1. The molecule has 1 saturated heterocycles. The fourth-order valence-electron chi connectivity index (χ4n) is 4.51. The standard InChI is InChI=1S/C24H38N6O/c1-6-23(21-10-8-7-9-11-21)28-12-14-29(15-13-28)24(25-4)26-18-22-19(2)27-30(20(22)3)16-17-31-5/h7-11,23H,6,12-18H2,1-5H3,(H,25,26). The van der Waals surface area contributed by atoms with Crippen molar-refractivity contribution in [1.82, 2.24) is 24.9 Å². The van der Waals surface area contributed by atoms with Gasteiger partial charge in [-0.3, -0.25) is 14.6 Å². The van der Waals surface area contributed by atoms with Crippen molar-refractivity contribution in [2.45, 2.75) is 46.3 Å². The van der Waals surface area contributed by atoms with Crippen LogP contribution >= 0.6 is 0 Å². The molecule has 1 atom stereocenters. The largest absolute Gasteiger partial charge is 0.383 e. The average molecular weight is 427 g/mol. The lowest BCUT2D eigenvalue weighted by Gasteiger charge is -2.40. The maximum Gasteiger partial charge on any atom is 0.194 e.